The summed E-state index contributed by atoms with van der Waals surface area (Å²) in [5.74, 6) is 0. The van der Waals surface area contributed by atoms with Gasteiger partial charge in [-0.2, -0.15) is 21.0 Å². The normalized spacial score (nSPS) is 38.5. The van der Waals surface area contributed by atoms with E-state index in [2.05, 4.69) is 7.05 Å². The van der Waals surface area contributed by atoms with Gasteiger partial charge in [-0.3, -0.25) is 0 Å². The highest BCUT2D eigenvalue weighted by atomic mass is 15.2. The van der Waals surface area contributed by atoms with Gasteiger partial charge in [-0.25, -0.2) is 0 Å². The first kappa shape index (κ1) is 12.0. The summed E-state index contributed by atoms with van der Waals surface area (Å²) in [6.07, 6.45) is 3.44. The number of quaternary nitrogens is 1. The summed E-state index contributed by atoms with van der Waals surface area (Å²) in [6.45, 7) is 0. The molecule has 2 bridgehead atoms. The highest BCUT2D eigenvalue weighted by Gasteiger charge is 2.93. The second kappa shape index (κ2) is 3.27. The molecule has 5 heteroatoms. The van der Waals surface area contributed by atoms with E-state index in [1.807, 2.05) is 24.3 Å². The smallest absolute Gasteiger partial charge is 0.184 e. The first-order valence-corrected chi connectivity index (χ1v) is 6.56. The van der Waals surface area contributed by atoms with Crippen LogP contribution < -0.4 is 4.90 Å². The van der Waals surface area contributed by atoms with Gasteiger partial charge in [0.2, 0.25) is 0 Å². The van der Waals surface area contributed by atoms with Crippen molar-refractivity contribution in [3.63, 3.8) is 0 Å². The van der Waals surface area contributed by atoms with E-state index in [1.54, 1.807) is 0 Å². The first-order valence-electron chi connectivity index (χ1n) is 6.56. The van der Waals surface area contributed by atoms with Crippen molar-refractivity contribution in [3.8, 4) is 24.3 Å². The Morgan fingerprint density at radius 1 is 0.842 bits per heavy atom. The second-order valence-corrected chi connectivity index (χ2v) is 6.15. The molecule has 3 fully saturated rings. The highest BCUT2D eigenvalue weighted by molar-refractivity contribution is 5.56. The SMILES string of the molecule is C[NH+]1[C@@H]2CC[C@H]1CC1(C2)C(C#N)(C#N)C1(C#N)C#N. The number of rotatable bonds is 0. The van der Waals surface area contributed by atoms with Gasteiger partial charge in [-0.05, 0) is 0 Å². The fourth-order valence-electron chi connectivity index (χ4n) is 4.76. The van der Waals surface area contributed by atoms with Gasteiger partial charge in [0.05, 0.1) is 48.8 Å². The third-order valence-electron chi connectivity index (χ3n) is 5.95. The summed E-state index contributed by atoms with van der Waals surface area (Å²) in [5.41, 5.74) is -3.57. The predicted octanol–water partition coefficient (Wildman–Crippen LogP) is -0.107. The van der Waals surface area contributed by atoms with E-state index in [-0.39, 0.29) is 0 Å². The number of nitriles is 4. The molecule has 0 amide bonds. The summed E-state index contributed by atoms with van der Waals surface area (Å²) >= 11 is 0. The van der Waals surface area contributed by atoms with Crippen molar-refractivity contribution in [1.29, 1.82) is 21.0 Å². The molecule has 2 saturated heterocycles. The molecule has 1 saturated carbocycles. The van der Waals surface area contributed by atoms with Gasteiger partial charge in [0.1, 0.15) is 0 Å². The van der Waals surface area contributed by atoms with E-state index in [4.69, 9.17) is 0 Å². The molecule has 94 valence electrons. The maximum Gasteiger partial charge on any atom is 0.184 e. The van der Waals surface area contributed by atoms with E-state index in [9.17, 15) is 21.0 Å². The number of hydrogen-bond acceptors (Lipinski definition) is 4. The van der Waals surface area contributed by atoms with E-state index in [0.29, 0.717) is 24.9 Å². The topological polar surface area (TPSA) is 99.6 Å². The van der Waals surface area contributed by atoms with Crippen molar-refractivity contribution in [2.45, 2.75) is 37.8 Å². The minimum Gasteiger partial charge on any atom is -0.332 e. The monoisotopic (exact) mass is 252 g/mol. The summed E-state index contributed by atoms with van der Waals surface area (Å²) in [4.78, 5) is 1.44. The van der Waals surface area contributed by atoms with Gasteiger partial charge in [0, 0.05) is 25.7 Å². The molecule has 1 unspecified atom stereocenters. The van der Waals surface area contributed by atoms with E-state index >= 15 is 0 Å². The Labute approximate surface area is 112 Å². The molecule has 1 N–H and O–H groups in total. The Morgan fingerprint density at radius 2 is 1.21 bits per heavy atom. The van der Waals surface area contributed by atoms with Gasteiger partial charge in [-0.15, -0.1) is 0 Å². The van der Waals surface area contributed by atoms with Crippen molar-refractivity contribution in [3.05, 3.63) is 0 Å². The Balaban J connectivity index is 2.13. The highest BCUT2D eigenvalue weighted by Crippen LogP contribution is 2.82. The average Bonchev–Trinajstić information content (AvgIpc) is 2.87. The Morgan fingerprint density at radius 3 is 1.53 bits per heavy atom. The third-order valence-corrected chi connectivity index (χ3v) is 5.95. The molecule has 0 aromatic heterocycles. The summed E-state index contributed by atoms with van der Waals surface area (Å²) in [7, 11) is 2.14. The minimum atomic E-state index is -1.43. The van der Waals surface area contributed by atoms with Crippen molar-refractivity contribution in [1.82, 2.24) is 0 Å². The maximum absolute atomic E-state index is 9.45. The van der Waals surface area contributed by atoms with Gasteiger partial charge >= 0.3 is 0 Å². The molecule has 0 aromatic rings. The van der Waals surface area contributed by atoms with Gasteiger partial charge in [0.15, 0.2) is 10.8 Å². The van der Waals surface area contributed by atoms with Crippen LogP contribution in [0.4, 0.5) is 0 Å². The van der Waals surface area contributed by atoms with Crippen LogP contribution in [0.3, 0.4) is 0 Å². The van der Waals surface area contributed by atoms with Crippen LogP contribution in [0.2, 0.25) is 0 Å². The van der Waals surface area contributed by atoms with Crippen LogP contribution in [0, 0.1) is 61.6 Å². The van der Waals surface area contributed by atoms with Crippen molar-refractivity contribution in [2.75, 3.05) is 7.05 Å². The zero-order valence-corrected chi connectivity index (χ0v) is 10.8. The number of piperidine rings is 1. The van der Waals surface area contributed by atoms with Gasteiger partial charge < -0.3 is 4.90 Å². The number of hydrogen-bond donors (Lipinski definition) is 1. The lowest BCUT2D eigenvalue weighted by molar-refractivity contribution is -0.924. The average molecular weight is 252 g/mol. The Hall–Kier alpha value is -2.08. The molecule has 2 aliphatic heterocycles. The second-order valence-electron chi connectivity index (χ2n) is 6.15. The summed E-state index contributed by atoms with van der Waals surface area (Å²) in [5, 5.41) is 37.8. The van der Waals surface area contributed by atoms with E-state index in [0.717, 1.165) is 12.8 Å². The molecule has 5 nitrogen and oxygen atoms in total. The molecular weight excluding hydrogens is 238 g/mol. The van der Waals surface area contributed by atoms with Crippen LogP contribution in [0.15, 0.2) is 0 Å². The molecule has 1 aliphatic carbocycles. The fraction of sp³-hybridized carbons (Fsp3) is 0.714. The summed E-state index contributed by atoms with van der Waals surface area (Å²) in [6, 6.07) is 8.85. The van der Waals surface area contributed by atoms with Gasteiger partial charge in [0.25, 0.3) is 0 Å². The standard InChI is InChI=1S/C14H13N5/c1-19-10-2-3-11(19)5-12(4-10)13(6-15,7-16)14(12,8-17)9-18/h10-11H,2-5H2,1H3/p+1/t10-,11+. The molecule has 0 aromatic carbocycles. The molecule has 3 rings (SSSR count). The number of nitrogens with zero attached hydrogens (tertiary/aromatic N) is 4. The van der Waals surface area contributed by atoms with Crippen LogP contribution in [0.25, 0.3) is 0 Å². The molecule has 1 spiro atoms. The number of fused-ring (bicyclic) bond motifs is 2. The zero-order valence-electron chi connectivity index (χ0n) is 10.8. The molecule has 3 aliphatic rings. The van der Waals surface area contributed by atoms with Crippen LogP contribution in [-0.4, -0.2) is 19.1 Å². The lowest BCUT2D eigenvalue weighted by atomic mass is 9.79. The maximum atomic E-state index is 9.45. The first-order chi connectivity index (χ1) is 9.08. The minimum absolute atomic E-state index is 0.378. The lowest BCUT2D eigenvalue weighted by Crippen LogP contribution is -3.15. The van der Waals surface area contributed by atoms with Crippen molar-refractivity contribution >= 4 is 0 Å². The third kappa shape index (κ3) is 0.920. The van der Waals surface area contributed by atoms with Crippen molar-refractivity contribution < 1.29 is 4.90 Å². The molecule has 3 atom stereocenters. The fourth-order valence-corrected chi connectivity index (χ4v) is 4.76. The van der Waals surface area contributed by atoms with Crippen molar-refractivity contribution in [2.24, 2.45) is 16.2 Å². The van der Waals surface area contributed by atoms with E-state index in [1.165, 1.54) is 4.90 Å². The molecule has 0 radical (unpaired) electrons. The molecule has 19 heavy (non-hydrogen) atoms. The molecular formula is C14H14N5+. The Bertz CT molecular complexity index is 526. The van der Waals surface area contributed by atoms with E-state index < -0.39 is 16.2 Å². The lowest BCUT2D eigenvalue weighted by Gasteiger charge is -2.34. The predicted molar refractivity (Wildman–Crippen MR) is 62.7 cm³/mol. The zero-order chi connectivity index (χ0) is 13.9. The largest absolute Gasteiger partial charge is 0.332 e. The van der Waals surface area contributed by atoms with Crippen LogP contribution in [0.5, 0.6) is 0 Å². The van der Waals surface area contributed by atoms with Crippen LogP contribution in [-0.2, 0) is 0 Å². The summed E-state index contributed by atoms with van der Waals surface area (Å²) < 4.78 is 0. The molecule has 2 heterocycles. The quantitative estimate of drug-likeness (QED) is 0.650. The van der Waals surface area contributed by atoms with Gasteiger partial charge in [-0.1, -0.05) is 0 Å². The Kier molecular flexibility index (Phi) is 2.06. The number of nitrogens with one attached hydrogen (secondary N) is 1. The van der Waals surface area contributed by atoms with Crippen LogP contribution in [0.1, 0.15) is 25.7 Å². The van der Waals surface area contributed by atoms with Crippen LogP contribution >= 0.6 is 0 Å².